The summed E-state index contributed by atoms with van der Waals surface area (Å²) in [6.07, 6.45) is 1.16. The molecule has 12 nitrogen and oxygen atoms in total. The third-order valence-electron chi connectivity index (χ3n) is 2.86. The van der Waals surface area contributed by atoms with E-state index in [1.54, 1.807) is 0 Å². The molecular formula is C13H29N9O3. The summed E-state index contributed by atoms with van der Waals surface area (Å²) in [5, 5.41) is 17.7. The number of hydrogen-bond donors (Lipinski definition) is 9. The van der Waals surface area contributed by atoms with Crippen molar-refractivity contribution < 1.29 is 14.4 Å². The first-order valence-electron chi connectivity index (χ1n) is 7.92. The number of carbonyl (C=O) groups is 3. The number of rotatable bonds is 9. The van der Waals surface area contributed by atoms with Crippen LogP contribution in [0.5, 0.6) is 0 Å². The van der Waals surface area contributed by atoms with Gasteiger partial charge in [0.25, 0.3) is 0 Å². The lowest BCUT2D eigenvalue weighted by Gasteiger charge is -2.20. The molecule has 11 N–H and O–H groups in total. The Balaban J connectivity index is 4.35. The van der Waals surface area contributed by atoms with E-state index in [0.717, 1.165) is 0 Å². The summed E-state index contributed by atoms with van der Waals surface area (Å²) < 4.78 is 0. The molecule has 0 aliphatic heterocycles. The Bertz CT molecular complexity index is 456. The minimum Gasteiger partial charge on any atom is -0.370 e. The van der Waals surface area contributed by atoms with E-state index in [4.69, 9.17) is 16.9 Å². The van der Waals surface area contributed by atoms with Crippen molar-refractivity contribution in [2.24, 2.45) is 17.4 Å². The van der Waals surface area contributed by atoms with E-state index in [1.807, 2.05) is 19.3 Å². The summed E-state index contributed by atoms with van der Waals surface area (Å²) in [6.45, 7) is 5.09. The first kappa shape index (κ1) is 22.1. The molecule has 0 radical (unpaired) electrons. The molecule has 0 aromatic carbocycles. The maximum absolute atomic E-state index is 11.9. The zero-order chi connectivity index (χ0) is 19.2. The van der Waals surface area contributed by atoms with Gasteiger partial charge in [0, 0.05) is 25.7 Å². The second kappa shape index (κ2) is 12.5. The minimum absolute atomic E-state index is 0.130. The lowest BCUT2D eigenvalue weighted by atomic mass is 10.1. The summed E-state index contributed by atoms with van der Waals surface area (Å²) in [5.41, 5.74) is 14.0. The summed E-state index contributed by atoms with van der Waals surface area (Å²) in [4.78, 5) is 33.9. The molecule has 0 fully saturated rings. The van der Waals surface area contributed by atoms with Crippen molar-refractivity contribution in [1.82, 2.24) is 32.1 Å². The normalized spacial score (nSPS) is 11.2. The molecule has 0 saturated heterocycles. The first-order valence-corrected chi connectivity index (χ1v) is 7.92. The highest BCUT2D eigenvalue weighted by Crippen LogP contribution is 1.96. The van der Waals surface area contributed by atoms with Gasteiger partial charge in [-0.1, -0.05) is 13.8 Å². The van der Waals surface area contributed by atoms with E-state index in [2.05, 4.69) is 26.7 Å². The third-order valence-corrected chi connectivity index (χ3v) is 2.86. The van der Waals surface area contributed by atoms with E-state index in [-0.39, 0.29) is 24.6 Å². The van der Waals surface area contributed by atoms with Crippen molar-refractivity contribution in [2.75, 3.05) is 19.6 Å². The standard InChI is InChI=1S/C13H29N9O3/c1-8(2)6-18-12(24)20-9(4-3-5-17-10(14)15)7-19-13(25)22-21-11(16)23/h8-9H,3-7H2,1-2H3,(H4,14,15,17)(H3,16,21,23)(H2,18,20,24)(H2,19,22,25)/t9-/m0/s1. The van der Waals surface area contributed by atoms with Crippen LogP contribution in [0.3, 0.4) is 0 Å². The molecule has 0 saturated carbocycles. The summed E-state index contributed by atoms with van der Waals surface area (Å²) in [7, 11) is 0. The zero-order valence-corrected chi connectivity index (χ0v) is 14.6. The highest BCUT2D eigenvalue weighted by molar-refractivity contribution is 5.79. The largest absolute Gasteiger partial charge is 0.370 e. The molecule has 0 heterocycles. The highest BCUT2D eigenvalue weighted by atomic mass is 16.2. The predicted octanol–water partition coefficient (Wildman–Crippen LogP) is -1.54. The number of hydrazine groups is 1. The molecular weight excluding hydrogens is 330 g/mol. The van der Waals surface area contributed by atoms with Crippen LogP contribution in [0.25, 0.3) is 0 Å². The highest BCUT2D eigenvalue weighted by Gasteiger charge is 2.14. The fourth-order valence-electron chi connectivity index (χ4n) is 1.71. The Kier molecular flexibility index (Phi) is 11.0. The molecule has 6 amide bonds. The van der Waals surface area contributed by atoms with Crippen molar-refractivity contribution in [2.45, 2.75) is 32.7 Å². The fraction of sp³-hybridized carbons (Fsp3) is 0.692. The molecule has 144 valence electrons. The lowest BCUT2D eigenvalue weighted by molar-refractivity contribution is 0.224. The molecule has 0 unspecified atom stereocenters. The molecule has 0 rings (SSSR count). The number of guanidine groups is 1. The van der Waals surface area contributed by atoms with Crippen LogP contribution in [-0.4, -0.2) is 49.7 Å². The summed E-state index contributed by atoms with van der Waals surface area (Å²) in [5.74, 6) is 0.182. The number of nitrogens with one attached hydrogen (secondary N) is 7. The minimum atomic E-state index is -0.895. The van der Waals surface area contributed by atoms with Crippen LogP contribution in [0, 0.1) is 11.3 Å². The Hall–Kier alpha value is -2.92. The summed E-state index contributed by atoms with van der Waals surface area (Å²) in [6, 6.07) is -2.24. The summed E-state index contributed by atoms with van der Waals surface area (Å²) >= 11 is 0. The maximum atomic E-state index is 11.9. The Morgan fingerprint density at radius 2 is 1.60 bits per heavy atom. The van der Waals surface area contributed by atoms with Crippen molar-refractivity contribution in [3.8, 4) is 0 Å². The van der Waals surface area contributed by atoms with Gasteiger partial charge in [-0.25, -0.2) is 25.2 Å². The Morgan fingerprint density at radius 3 is 2.16 bits per heavy atom. The van der Waals surface area contributed by atoms with E-state index in [9.17, 15) is 14.4 Å². The van der Waals surface area contributed by atoms with Gasteiger partial charge >= 0.3 is 18.1 Å². The van der Waals surface area contributed by atoms with Gasteiger partial charge in [0.15, 0.2) is 5.96 Å². The predicted molar refractivity (Wildman–Crippen MR) is 93.6 cm³/mol. The van der Waals surface area contributed by atoms with E-state index in [1.165, 1.54) is 0 Å². The number of hydrogen-bond acceptors (Lipinski definition) is 4. The van der Waals surface area contributed by atoms with Crippen molar-refractivity contribution >= 4 is 24.1 Å². The fourth-order valence-corrected chi connectivity index (χ4v) is 1.71. The molecule has 0 aromatic heterocycles. The van der Waals surface area contributed by atoms with Gasteiger partial charge in [-0.15, -0.1) is 0 Å². The number of amides is 6. The molecule has 0 aromatic rings. The average Bonchev–Trinajstić information content (AvgIpc) is 2.52. The van der Waals surface area contributed by atoms with Crippen LogP contribution in [0.4, 0.5) is 14.4 Å². The van der Waals surface area contributed by atoms with Gasteiger partial charge < -0.3 is 32.7 Å². The Morgan fingerprint density at radius 1 is 0.960 bits per heavy atom. The number of primary amides is 1. The quantitative estimate of drug-likeness (QED) is 0.104. The molecule has 0 spiro atoms. The second-order valence-electron chi connectivity index (χ2n) is 5.75. The van der Waals surface area contributed by atoms with Crippen molar-refractivity contribution in [3.05, 3.63) is 0 Å². The molecule has 0 aliphatic rings. The second-order valence-corrected chi connectivity index (χ2v) is 5.75. The van der Waals surface area contributed by atoms with Gasteiger partial charge in [-0.2, -0.15) is 0 Å². The van der Waals surface area contributed by atoms with Crippen LogP contribution < -0.4 is 43.6 Å². The Labute approximate surface area is 146 Å². The van der Waals surface area contributed by atoms with Gasteiger partial charge in [0.2, 0.25) is 0 Å². The van der Waals surface area contributed by atoms with Crippen LogP contribution in [0.15, 0.2) is 0 Å². The topological polar surface area (TPSA) is 199 Å². The lowest BCUT2D eigenvalue weighted by Crippen LogP contribution is -2.53. The van der Waals surface area contributed by atoms with E-state index in [0.29, 0.717) is 31.8 Å². The van der Waals surface area contributed by atoms with Gasteiger partial charge in [-0.3, -0.25) is 5.41 Å². The monoisotopic (exact) mass is 359 g/mol. The van der Waals surface area contributed by atoms with Crippen molar-refractivity contribution in [3.63, 3.8) is 0 Å². The van der Waals surface area contributed by atoms with E-state index < -0.39 is 12.1 Å². The van der Waals surface area contributed by atoms with Crippen LogP contribution in [0.1, 0.15) is 26.7 Å². The maximum Gasteiger partial charge on any atom is 0.333 e. The average molecular weight is 359 g/mol. The van der Waals surface area contributed by atoms with Crippen molar-refractivity contribution in [1.29, 1.82) is 5.41 Å². The molecule has 0 bridgehead atoms. The molecule has 0 aliphatic carbocycles. The number of urea groups is 3. The van der Waals surface area contributed by atoms with Gasteiger partial charge in [-0.05, 0) is 18.8 Å². The van der Waals surface area contributed by atoms with Crippen LogP contribution >= 0.6 is 0 Å². The third kappa shape index (κ3) is 14.4. The first-order chi connectivity index (χ1) is 11.7. The molecule has 12 heteroatoms. The van der Waals surface area contributed by atoms with Crippen LogP contribution in [-0.2, 0) is 0 Å². The molecule has 25 heavy (non-hydrogen) atoms. The zero-order valence-electron chi connectivity index (χ0n) is 14.6. The van der Waals surface area contributed by atoms with Gasteiger partial charge in [0.05, 0.1) is 0 Å². The molecule has 1 atom stereocenters. The number of carbonyl (C=O) groups excluding carboxylic acids is 3. The van der Waals surface area contributed by atoms with E-state index >= 15 is 0 Å². The smallest absolute Gasteiger partial charge is 0.333 e. The van der Waals surface area contributed by atoms with Crippen LogP contribution in [0.2, 0.25) is 0 Å². The number of nitrogens with two attached hydrogens (primary N) is 2. The van der Waals surface area contributed by atoms with Gasteiger partial charge in [0.1, 0.15) is 0 Å². The SMILES string of the molecule is CC(C)CNC(=O)N[C@@H](CCCNC(=N)N)CNC(=O)NNC(N)=O.